The van der Waals surface area contributed by atoms with Gasteiger partial charge in [-0.2, -0.15) is 0 Å². The van der Waals surface area contributed by atoms with Crippen molar-refractivity contribution in [2.45, 2.75) is 265 Å². The van der Waals surface area contributed by atoms with Crippen LogP contribution in [0.1, 0.15) is 247 Å². The van der Waals surface area contributed by atoms with E-state index in [1.54, 1.807) is 27.7 Å². The number of rotatable bonds is 33. The van der Waals surface area contributed by atoms with Gasteiger partial charge in [0.15, 0.2) is 5.78 Å². The molecule has 32 heteroatoms. The Balaban J connectivity index is -0.000000377. The van der Waals surface area contributed by atoms with E-state index in [0.29, 0.717) is 0 Å². The van der Waals surface area contributed by atoms with Crippen molar-refractivity contribution in [3.63, 3.8) is 0 Å². The molecule has 12 N–H and O–H groups in total. The molecule has 3 saturated carbocycles. The second kappa shape index (κ2) is 58.2. The number of carbonyl (C=O) groups excluding carboxylic acids is 7. The number of methoxy groups -OCH3 is 1. The van der Waals surface area contributed by atoms with Gasteiger partial charge in [0.1, 0.15) is 18.5 Å². The molecule has 15 atom stereocenters. The Bertz CT molecular complexity index is 2800. The highest BCUT2D eigenvalue weighted by molar-refractivity contribution is 5.96. The van der Waals surface area contributed by atoms with Gasteiger partial charge in [0.2, 0.25) is 11.8 Å². The fraction of sp³-hybridized carbons (Fsp3) is 0.750. The number of nitrogens with one attached hydrogen (secondary N) is 2. The molecule has 108 heavy (non-hydrogen) atoms. The van der Waals surface area contributed by atoms with Gasteiger partial charge in [0.05, 0.1) is 79.1 Å². The number of hydrogen-bond donors (Lipinski definition) is 12. The largest absolute Gasteiger partial charge is 0.481 e. The van der Waals surface area contributed by atoms with Crippen LogP contribution in [-0.4, -0.2) is 184 Å². The third-order valence-corrected chi connectivity index (χ3v) is 19.7. The number of allylic oxidation sites excluding steroid dienone is 1. The Kier molecular flexibility index (Phi) is 58.0. The number of hydrogen-bond acceptors (Lipinski definition) is 20. The van der Waals surface area contributed by atoms with Crippen molar-refractivity contribution in [3.8, 4) is 0 Å². The molecule has 3 fully saturated rings. The molecule has 3 aliphatic carbocycles. The van der Waals surface area contributed by atoms with Crippen LogP contribution in [0.2, 0.25) is 0 Å². The lowest BCUT2D eigenvalue weighted by Crippen LogP contribution is -2.51. The maximum Gasteiger partial charge on any atom is 0.328 e. The molecule has 0 bridgehead atoms. The lowest BCUT2D eigenvalue weighted by molar-refractivity contribution is -0.161. The molecular weight excluding hydrogens is 1420 g/mol. The van der Waals surface area contributed by atoms with Crippen molar-refractivity contribution in [2.24, 2.45) is 88.3 Å². The van der Waals surface area contributed by atoms with Crippen LogP contribution in [0, 0.1) is 88.3 Å². The average molecular weight is 1550 g/mol. The molecule has 15 unspecified atom stereocenters. The zero-order chi connectivity index (χ0) is 85.2. The minimum absolute atomic E-state index is 0.00435. The quantitative estimate of drug-likeness (QED) is 0.0165. The summed E-state index contributed by atoms with van der Waals surface area (Å²) in [6.07, 6.45) is 17.7. The summed E-state index contributed by atoms with van der Waals surface area (Å²) in [5.74, 6) is -19.0. The van der Waals surface area contributed by atoms with Crippen molar-refractivity contribution >= 4 is 101 Å². The normalized spacial score (nSPS) is 18.6. The first-order chi connectivity index (χ1) is 49.8. The highest BCUT2D eigenvalue weighted by Gasteiger charge is 2.39. The van der Waals surface area contributed by atoms with Crippen LogP contribution in [0.25, 0.3) is 0 Å². The van der Waals surface area contributed by atoms with Crippen LogP contribution in [0.3, 0.4) is 0 Å². The van der Waals surface area contributed by atoms with Crippen molar-refractivity contribution in [2.75, 3.05) is 13.7 Å². The van der Waals surface area contributed by atoms with Gasteiger partial charge in [-0.15, -0.1) is 0 Å². The summed E-state index contributed by atoms with van der Waals surface area (Å²) in [5, 5.41) is 91.3. The minimum atomic E-state index is -1.09. The molecule has 622 valence electrons. The number of ether oxygens (including phenoxy) is 3. The van der Waals surface area contributed by atoms with Gasteiger partial charge < -0.3 is 75.9 Å². The van der Waals surface area contributed by atoms with Gasteiger partial charge >= 0.3 is 77.6 Å². The summed E-state index contributed by atoms with van der Waals surface area (Å²) < 4.78 is 14.3. The molecule has 0 aliphatic heterocycles. The maximum absolute atomic E-state index is 12.1. The van der Waals surface area contributed by atoms with E-state index >= 15 is 0 Å². The van der Waals surface area contributed by atoms with Gasteiger partial charge in [0, 0.05) is 47.7 Å². The molecule has 0 heterocycles. The molecule has 32 nitrogen and oxygen atoms in total. The molecule has 2 amide bonds. The predicted molar refractivity (Wildman–Crippen MR) is 393 cm³/mol. The summed E-state index contributed by atoms with van der Waals surface area (Å²) in [6.45, 7) is 29.9. The highest BCUT2D eigenvalue weighted by Crippen LogP contribution is 2.32. The third-order valence-electron chi connectivity index (χ3n) is 19.7. The van der Waals surface area contributed by atoms with E-state index in [1.165, 1.54) is 68.4 Å². The molecule has 0 radical (unpaired) electrons. The lowest BCUT2D eigenvalue weighted by atomic mass is 9.76. The lowest BCUT2D eigenvalue weighted by Gasteiger charge is -2.36. The van der Waals surface area contributed by atoms with E-state index in [-0.39, 0.29) is 91.2 Å². The van der Waals surface area contributed by atoms with Gasteiger partial charge in [-0.25, -0.2) is 4.79 Å². The zero-order valence-electron chi connectivity index (χ0n) is 66.7. The molecule has 0 aromatic carbocycles. The van der Waals surface area contributed by atoms with E-state index in [1.807, 2.05) is 48.5 Å². The molecule has 0 spiro atoms. The van der Waals surface area contributed by atoms with E-state index < -0.39 is 142 Å². The number of carboxylic acid groups (broad SMARTS) is 10. The number of amides is 2. The first-order valence-corrected chi connectivity index (χ1v) is 36.9. The number of carboxylic acids is 10. The Morgan fingerprint density at radius 3 is 1.19 bits per heavy atom. The number of esters is 3. The molecule has 3 aliphatic rings. The minimum Gasteiger partial charge on any atom is -0.481 e. The van der Waals surface area contributed by atoms with Crippen LogP contribution < -0.4 is 10.6 Å². The average Bonchev–Trinajstić information content (AvgIpc) is 0.824. The first kappa shape index (κ1) is 108. The molecule has 3 rings (SSSR count). The van der Waals surface area contributed by atoms with Crippen LogP contribution in [0.5, 0.6) is 0 Å². The standard InChI is InChI=1S/C14H25NO3.C12H21NO3.C12H20O4.C9H14O6.C8H14O3.C8H12O3.C7H12O4.C6H10O4/c1-5-14(3,4)13(18)15-10-8-6-7-9(2)11(10)12(16)17;1-8(9(2)12(15)16)11(14)13-10-6-4-3-5-7-10;1-8(11(13)14)9(2)12(15)16-10-6-4-3-5-7-10;1-5(8(12)13)6(2)9(14)15-4-3-7(10)11;2*1-3-6(2)7(9)4-5-8(10)11;1-4(6(8)9)5(2)7(10)11-3;1-3(5(7)8)4(2)6(9)10/h9-11H,5-8H2,1-4H3,(H,15,18)(H,16,17);8-10H,3-7H2,1-2H3,(H,13,14)(H,15,16);8-10H,3-7H2,1-2H3,(H,13,14);5-6H,3-4H2,1-2H3,(H,10,11)(H,12,13);6H,3-5H2,1-2H3,(H,10,11);4-6H,3H2,1-2H3,(H,10,11);4-5H,1-3H3,(H,8,9);3-4H,1-2H3,(H,7,8)(H,9,10)/b;;;;;5-4+;;. The van der Waals surface area contributed by atoms with Crippen molar-refractivity contribution in [1.82, 2.24) is 10.6 Å². The molecular formula is C76H128N2O30. The van der Waals surface area contributed by atoms with Crippen LogP contribution in [0.4, 0.5) is 0 Å². The number of Topliss-reactive ketones (excluding diaryl/α,β-unsaturated/α-hetero) is 1. The number of ketones is 2. The molecule has 0 aromatic rings. The highest BCUT2D eigenvalue weighted by atomic mass is 16.5. The summed E-state index contributed by atoms with van der Waals surface area (Å²) in [6, 6.07) is 0.0364. The van der Waals surface area contributed by atoms with Crippen LogP contribution in [0.15, 0.2) is 12.2 Å². The summed E-state index contributed by atoms with van der Waals surface area (Å²) in [5.41, 5.74) is -0.427. The van der Waals surface area contributed by atoms with E-state index in [0.717, 1.165) is 102 Å². The fourth-order valence-corrected chi connectivity index (χ4v) is 9.45. The first-order valence-electron chi connectivity index (χ1n) is 36.9. The smallest absolute Gasteiger partial charge is 0.328 e. The second-order valence-electron chi connectivity index (χ2n) is 28.4. The summed E-state index contributed by atoms with van der Waals surface area (Å²) >= 11 is 0. The summed E-state index contributed by atoms with van der Waals surface area (Å²) in [7, 11) is 1.24. The van der Waals surface area contributed by atoms with Gasteiger partial charge in [-0.3, -0.25) is 76.7 Å². The second-order valence-corrected chi connectivity index (χ2v) is 28.4. The Hall–Kier alpha value is -8.87. The van der Waals surface area contributed by atoms with Gasteiger partial charge in [0.25, 0.3) is 0 Å². The predicted octanol–water partition coefficient (Wildman–Crippen LogP) is 10.5. The number of aliphatic carboxylic acids is 10. The topological polar surface area (TPSA) is 544 Å². The van der Waals surface area contributed by atoms with E-state index in [9.17, 15) is 86.6 Å². The monoisotopic (exact) mass is 1550 g/mol. The van der Waals surface area contributed by atoms with Crippen molar-refractivity contribution < 1.29 is 147 Å². The van der Waals surface area contributed by atoms with Gasteiger partial charge in [-0.05, 0) is 82.6 Å². The van der Waals surface area contributed by atoms with Crippen LogP contribution in [-0.2, 0) is 95.7 Å². The van der Waals surface area contributed by atoms with Gasteiger partial charge in [-0.1, -0.05) is 157 Å². The van der Waals surface area contributed by atoms with Crippen LogP contribution >= 0.6 is 0 Å². The third kappa shape index (κ3) is 48.4. The molecule has 0 aromatic heterocycles. The zero-order valence-corrected chi connectivity index (χ0v) is 66.7. The summed E-state index contributed by atoms with van der Waals surface area (Å²) in [4.78, 5) is 184. The van der Waals surface area contributed by atoms with Crippen molar-refractivity contribution in [1.29, 1.82) is 0 Å². The number of carbonyl (C=O) groups is 17. The van der Waals surface area contributed by atoms with Crippen molar-refractivity contribution in [3.05, 3.63) is 12.2 Å². The SMILES string of the molecule is CC(C(=O)O)C(C)C(=O)NC1CCCCC1.CC(C(=O)O)C(C)C(=O)O.CC(C(=O)O)C(C)C(=O)OC1CCCCC1.CC(C(=O)O)C(C)C(=O)OCCC(=O)O.CCC(C)(C)C(=O)NC1CCCC(C)C1C(=O)O.CCC(C)C(=O)/C=C/C(=O)O.CCC(C)C(=O)CCC(=O)O.COC(=O)C(C)C(C)C(=O)O. The van der Waals surface area contributed by atoms with E-state index in [4.69, 9.17) is 50.7 Å². The Labute approximate surface area is 635 Å². The Morgan fingerprint density at radius 2 is 0.824 bits per heavy atom. The maximum atomic E-state index is 12.1. The molecule has 0 saturated heterocycles. The fourth-order valence-electron chi connectivity index (χ4n) is 9.45. The Morgan fingerprint density at radius 1 is 0.435 bits per heavy atom. The van der Waals surface area contributed by atoms with E-state index in [2.05, 4.69) is 20.1 Å².